The largest absolute Gasteiger partial charge is 0.0651 e. The van der Waals surface area contributed by atoms with Gasteiger partial charge in [0.15, 0.2) is 0 Å². The van der Waals surface area contributed by atoms with Crippen molar-refractivity contribution in [3.63, 3.8) is 0 Å². The molecule has 0 bridgehead atoms. The van der Waals surface area contributed by atoms with Crippen molar-refractivity contribution in [1.29, 1.82) is 0 Å². The van der Waals surface area contributed by atoms with Crippen molar-refractivity contribution in [1.82, 2.24) is 0 Å². The Morgan fingerprint density at radius 3 is 1.50 bits per heavy atom. The Morgan fingerprint density at radius 1 is 0.786 bits per heavy atom. The van der Waals surface area contributed by atoms with Gasteiger partial charge in [0.25, 0.3) is 0 Å². The summed E-state index contributed by atoms with van der Waals surface area (Å²) in [5.41, 5.74) is 0. The van der Waals surface area contributed by atoms with Crippen molar-refractivity contribution >= 4 is 0 Å². The Morgan fingerprint density at radius 2 is 1.21 bits per heavy atom. The van der Waals surface area contributed by atoms with Crippen LogP contribution in [0.25, 0.3) is 0 Å². The Kier molecular flexibility index (Phi) is 6.14. The van der Waals surface area contributed by atoms with Gasteiger partial charge in [-0.05, 0) is 5.92 Å². The lowest BCUT2D eigenvalue weighted by molar-refractivity contribution is 0.349. The van der Waals surface area contributed by atoms with E-state index in [0.29, 0.717) is 0 Å². The van der Waals surface area contributed by atoms with Crippen LogP contribution in [-0.2, 0) is 0 Å². The van der Waals surface area contributed by atoms with Gasteiger partial charge in [-0.2, -0.15) is 0 Å². The van der Waals surface area contributed by atoms with Gasteiger partial charge >= 0.3 is 0 Å². The summed E-state index contributed by atoms with van der Waals surface area (Å²) in [7, 11) is 0. The van der Waals surface area contributed by atoms with Crippen molar-refractivity contribution in [2.45, 2.75) is 45.4 Å². The molecule has 0 spiro atoms. The first-order valence-electron chi connectivity index (χ1n) is 5.93. The molecule has 0 atom stereocenters. The lowest BCUT2D eigenvalue weighted by Gasteiger charge is -2.18. The zero-order chi connectivity index (χ0) is 10.1. The molecule has 0 heteroatoms. The van der Waals surface area contributed by atoms with Gasteiger partial charge in [-0.1, -0.05) is 81.8 Å². The molecule has 0 heterocycles. The highest BCUT2D eigenvalue weighted by atomic mass is 14.2. The summed E-state index contributed by atoms with van der Waals surface area (Å²) >= 11 is 0. The molecule has 1 aromatic carbocycles. The summed E-state index contributed by atoms with van der Waals surface area (Å²) in [4.78, 5) is 0. The third-order valence-electron chi connectivity index (χ3n) is 2.97. The molecule has 1 aromatic rings. The lowest BCUT2D eigenvalue weighted by atomic mass is 9.88. The minimum atomic E-state index is 1.09. The van der Waals surface area contributed by atoms with Crippen LogP contribution in [0, 0.1) is 5.92 Å². The zero-order valence-electron chi connectivity index (χ0n) is 9.28. The van der Waals surface area contributed by atoms with Gasteiger partial charge in [0, 0.05) is 0 Å². The molecular weight excluding hydrogens is 168 g/mol. The van der Waals surface area contributed by atoms with E-state index >= 15 is 0 Å². The number of benzene rings is 1. The normalized spacial score (nSPS) is 16.9. The maximum absolute atomic E-state index is 2.32. The fraction of sp³-hybridized carbons (Fsp3) is 0.571. The molecule has 2 rings (SSSR count). The van der Waals surface area contributed by atoms with Gasteiger partial charge in [-0.3, -0.25) is 0 Å². The van der Waals surface area contributed by atoms with Crippen molar-refractivity contribution in [2.75, 3.05) is 0 Å². The topological polar surface area (TPSA) is 0 Å². The molecule has 0 aromatic heterocycles. The summed E-state index contributed by atoms with van der Waals surface area (Å²) in [6, 6.07) is 12.0. The highest BCUT2D eigenvalue weighted by molar-refractivity contribution is 4.99. The van der Waals surface area contributed by atoms with Gasteiger partial charge < -0.3 is 0 Å². The van der Waals surface area contributed by atoms with Gasteiger partial charge in [-0.25, -0.2) is 0 Å². The van der Waals surface area contributed by atoms with Gasteiger partial charge in [0.1, 0.15) is 0 Å². The average Bonchev–Trinajstić information content (AvgIpc) is 2.33. The lowest BCUT2D eigenvalue weighted by Crippen LogP contribution is -2.03. The average molecular weight is 190 g/mol. The highest BCUT2D eigenvalue weighted by Gasteiger charge is 2.09. The SMILES string of the molecule is CCC1CCCCC1.c1ccccc1. The van der Waals surface area contributed by atoms with Crippen molar-refractivity contribution in [2.24, 2.45) is 5.92 Å². The van der Waals surface area contributed by atoms with E-state index in [9.17, 15) is 0 Å². The monoisotopic (exact) mass is 190 g/mol. The van der Waals surface area contributed by atoms with Crippen molar-refractivity contribution in [3.8, 4) is 0 Å². The minimum absolute atomic E-state index is 1.09. The first kappa shape index (κ1) is 11.3. The molecule has 1 saturated carbocycles. The molecule has 0 nitrogen and oxygen atoms in total. The van der Waals surface area contributed by atoms with Gasteiger partial charge in [0.2, 0.25) is 0 Å². The van der Waals surface area contributed by atoms with E-state index in [4.69, 9.17) is 0 Å². The van der Waals surface area contributed by atoms with Crippen LogP contribution < -0.4 is 0 Å². The summed E-state index contributed by atoms with van der Waals surface area (Å²) in [6.07, 6.45) is 8.93. The van der Waals surface area contributed by atoms with Crippen LogP contribution in [0.5, 0.6) is 0 Å². The van der Waals surface area contributed by atoms with Crippen LogP contribution in [-0.4, -0.2) is 0 Å². The molecule has 14 heavy (non-hydrogen) atoms. The predicted molar refractivity (Wildman–Crippen MR) is 63.3 cm³/mol. The molecule has 0 saturated heterocycles. The van der Waals surface area contributed by atoms with Crippen LogP contribution in [0.2, 0.25) is 0 Å². The standard InChI is InChI=1S/C8H16.C6H6/c1-2-8-6-4-3-5-7-8;1-2-4-6-5-3-1/h8H,2-7H2,1H3;1-6H. The summed E-state index contributed by atoms with van der Waals surface area (Å²) < 4.78 is 0. The summed E-state index contributed by atoms with van der Waals surface area (Å²) in [5.74, 6) is 1.09. The number of rotatable bonds is 1. The van der Waals surface area contributed by atoms with Crippen LogP contribution in [0.15, 0.2) is 36.4 Å². The second-order valence-electron chi connectivity index (χ2n) is 4.07. The Balaban J connectivity index is 0.000000146. The molecule has 1 aliphatic carbocycles. The van der Waals surface area contributed by atoms with Gasteiger partial charge in [-0.15, -0.1) is 0 Å². The third-order valence-corrected chi connectivity index (χ3v) is 2.97. The van der Waals surface area contributed by atoms with E-state index in [1.165, 1.54) is 38.5 Å². The fourth-order valence-corrected chi connectivity index (χ4v) is 1.98. The summed E-state index contributed by atoms with van der Waals surface area (Å²) in [5, 5.41) is 0. The smallest absolute Gasteiger partial charge is 0.0417 e. The Hall–Kier alpha value is -0.780. The maximum atomic E-state index is 2.32. The second-order valence-corrected chi connectivity index (χ2v) is 4.07. The van der Waals surface area contributed by atoms with E-state index in [1.54, 1.807) is 0 Å². The molecule has 0 aliphatic heterocycles. The minimum Gasteiger partial charge on any atom is -0.0651 e. The Labute approximate surface area is 88.4 Å². The molecule has 78 valence electrons. The van der Waals surface area contributed by atoms with E-state index < -0.39 is 0 Å². The predicted octanol–water partition coefficient (Wildman–Crippen LogP) is 4.66. The van der Waals surface area contributed by atoms with E-state index in [-0.39, 0.29) is 0 Å². The number of hydrogen-bond acceptors (Lipinski definition) is 0. The van der Waals surface area contributed by atoms with Gasteiger partial charge in [0.05, 0.1) is 0 Å². The quantitative estimate of drug-likeness (QED) is 0.604. The fourth-order valence-electron chi connectivity index (χ4n) is 1.98. The molecular formula is C14H22. The van der Waals surface area contributed by atoms with E-state index in [1.807, 2.05) is 36.4 Å². The zero-order valence-corrected chi connectivity index (χ0v) is 9.28. The second kappa shape index (κ2) is 7.61. The van der Waals surface area contributed by atoms with E-state index in [2.05, 4.69) is 6.92 Å². The first-order valence-corrected chi connectivity index (χ1v) is 5.93. The van der Waals surface area contributed by atoms with E-state index in [0.717, 1.165) is 5.92 Å². The number of hydrogen-bond donors (Lipinski definition) is 0. The van der Waals surface area contributed by atoms with Crippen molar-refractivity contribution in [3.05, 3.63) is 36.4 Å². The molecule has 0 radical (unpaired) electrons. The van der Waals surface area contributed by atoms with Crippen LogP contribution in [0.3, 0.4) is 0 Å². The summed E-state index contributed by atoms with van der Waals surface area (Å²) in [6.45, 7) is 2.32. The molecule has 1 aliphatic rings. The molecule has 0 unspecified atom stereocenters. The molecule has 0 amide bonds. The van der Waals surface area contributed by atoms with Crippen LogP contribution in [0.4, 0.5) is 0 Å². The maximum Gasteiger partial charge on any atom is -0.0417 e. The highest BCUT2D eigenvalue weighted by Crippen LogP contribution is 2.25. The van der Waals surface area contributed by atoms with Crippen LogP contribution in [0.1, 0.15) is 45.4 Å². The Bertz CT molecular complexity index is 170. The molecule has 0 N–H and O–H groups in total. The molecule has 1 fully saturated rings. The third kappa shape index (κ3) is 5.06. The van der Waals surface area contributed by atoms with Crippen molar-refractivity contribution < 1.29 is 0 Å². The van der Waals surface area contributed by atoms with Crippen LogP contribution >= 0.6 is 0 Å². The first-order chi connectivity index (χ1) is 6.93.